The van der Waals surface area contributed by atoms with E-state index in [1.807, 2.05) is 44.2 Å². The third-order valence-corrected chi connectivity index (χ3v) is 5.06. The Morgan fingerprint density at radius 3 is 2.23 bits per heavy atom. The number of rotatable bonds is 9. The molecule has 1 aliphatic heterocycles. The molecule has 7 heteroatoms. The van der Waals surface area contributed by atoms with E-state index in [1.54, 1.807) is 37.3 Å². The molecular formula is C24H28N2O5. The number of carbonyl (C=O) groups excluding carboxylic acids is 2. The number of para-hydroxylation sites is 1. The summed E-state index contributed by atoms with van der Waals surface area (Å²) in [7, 11) is 4.86. The van der Waals surface area contributed by atoms with Crippen molar-refractivity contribution in [3.63, 3.8) is 0 Å². The van der Waals surface area contributed by atoms with E-state index in [0.717, 1.165) is 5.69 Å². The van der Waals surface area contributed by atoms with Gasteiger partial charge in [-0.1, -0.05) is 24.3 Å². The third-order valence-electron chi connectivity index (χ3n) is 5.06. The van der Waals surface area contributed by atoms with E-state index in [1.165, 1.54) is 12.0 Å². The van der Waals surface area contributed by atoms with Gasteiger partial charge in [0.2, 0.25) is 0 Å². The molecule has 0 N–H and O–H groups in total. The summed E-state index contributed by atoms with van der Waals surface area (Å²) in [6.07, 6.45) is 0.0116. The zero-order valence-corrected chi connectivity index (χ0v) is 18.5. The molecule has 0 unspecified atom stereocenters. The van der Waals surface area contributed by atoms with Crippen LogP contribution >= 0.6 is 0 Å². The summed E-state index contributed by atoms with van der Waals surface area (Å²) in [5, 5.41) is 0. The first kappa shape index (κ1) is 22.4. The average molecular weight is 424 g/mol. The summed E-state index contributed by atoms with van der Waals surface area (Å²) >= 11 is 0. The Bertz CT molecular complexity index is 985. The highest BCUT2D eigenvalue weighted by molar-refractivity contribution is 6.36. The number of hydrogen-bond acceptors (Lipinski definition) is 6. The molecule has 0 atom stereocenters. The molecule has 3 rings (SSSR count). The Morgan fingerprint density at radius 2 is 1.61 bits per heavy atom. The standard InChI is InChI=1S/C24H28N2O5/c1-16(2)31-14-13-26-23(27)21(17-11-12-19(29-4)20(15-17)30-5)22(24(26)28)25(3)18-9-7-6-8-10-18/h6-12,15-16H,13-14H2,1-5H3. The largest absolute Gasteiger partial charge is 0.493 e. The molecule has 1 aliphatic rings. The Hall–Kier alpha value is -3.32. The van der Waals surface area contributed by atoms with Crippen LogP contribution in [0, 0.1) is 0 Å². The lowest BCUT2D eigenvalue weighted by Crippen LogP contribution is -2.37. The van der Waals surface area contributed by atoms with Gasteiger partial charge in [0.15, 0.2) is 11.5 Å². The van der Waals surface area contributed by atoms with Gasteiger partial charge in [-0.05, 0) is 43.7 Å². The third kappa shape index (κ3) is 4.56. The number of nitrogens with zero attached hydrogens (tertiary/aromatic N) is 2. The molecule has 2 aromatic carbocycles. The second-order valence-corrected chi connectivity index (χ2v) is 7.37. The number of amides is 2. The zero-order valence-electron chi connectivity index (χ0n) is 18.5. The quantitative estimate of drug-likeness (QED) is 0.575. The molecule has 2 amide bonds. The van der Waals surface area contributed by atoms with Gasteiger partial charge in [0.25, 0.3) is 11.8 Å². The number of methoxy groups -OCH3 is 2. The van der Waals surface area contributed by atoms with Crippen LogP contribution in [-0.4, -0.2) is 57.2 Å². The maximum Gasteiger partial charge on any atom is 0.278 e. The van der Waals surface area contributed by atoms with Gasteiger partial charge in [-0.3, -0.25) is 14.5 Å². The first-order chi connectivity index (χ1) is 14.9. The van der Waals surface area contributed by atoms with Crippen LogP contribution < -0.4 is 14.4 Å². The lowest BCUT2D eigenvalue weighted by molar-refractivity contribution is -0.138. The van der Waals surface area contributed by atoms with E-state index >= 15 is 0 Å². The van der Waals surface area contributed by atoms with Gasteiger partial charge < -0.3 is 19.1 Å². The molecule has 0 fully saturated rings. The number of benzene rings is 2. The normalized spacial score (nSPS) is 13.9. The summed E-state index contributed by atoms with van der Waals surface area (Å²) in [5.41, 5.74) is 2.02. The van der Waals surface area contributed by atoms with E-state index in [4.69, 9.17) is 14.2 Å². The van der Waals surface area contributed by atoms with Gasteiger partial charge in [0.1, 0.15) is 5.70 Å². The van der Waals surface area contributed by atoms with E-state index in [2.05, 4.69) is 0 Å². The number of ether oxygens (including phenoxy) is 3. The number of anilines is 1. The van der Waals surface area contributed by atoms with Crippen molar-refractivity contribution in [2.75, 3.05) is 39.3 Å². The fraction of sp³-hybridized carbons (Fsp3) is 0.333. The van der Waals surface area contributed by atoms with Crippen LogP contribution in [0.1, 0.15) is 19.4 Å². The van der Waals surface area contributed by atoms with Crippen LogP contribution in [0.3, 0.4) is 0 Å². The number of likely N-dealkylation sites (N-methyl/N-ethyl adjacent to an activating group) is 1. The lowest BCUT2D eigenvalue weighted by atomic mass is 10.0. The van der Waals surface area contributed by atoms with E-state index in [0.29, 0.717) is 28.3 Å². The lowest BCUT2D eigenvalue weighted by Gasteiger charge is -2.21. The molecule has 0 saturated carbocycles. The van der Waals surface area contributed by atoms with Crippen molar-refractivity contribution < 1.29 is 23.8 Å². The molecular weight excluding hydrogens is 396 g/mol. The van der Waals surface area contributed by atoms with Crippen molar-refractivity contribution in [3.8, 4) is 11.5 Å². The SMILES string of the molecule is COc1ccc(C2=C(N(C)c3ccccc3)C(=O)N(CCOC(C)C)C2=O)cc1OC. The molecule has 1 heterocycles. The summed E-state index contributed by atoms with van der Waals surface area (Å²) in [4.78, 5) is 29.7. The van der Waals surface area contributed by atoms with E-state index in [-0.39, 0.29) is 31.1 Å². The van der Waals surface area contributed by atoms with Crippen LogP contribution in [-0.2, 0) is 14.3 Å². The van der Waals surface area contributed by atoms with Crippen molar-refractivity contribution in [2.45, 2.75) is 20.0 Å². The Kier molecular flexibility index (Phi) is 6.97. The molecule has 0 spiro atoms. The maximum absolute atomic E-state index is 13.4. The highest BCUT2D eigenvalue weighted by Gasteiger charge is 2.41. The first-order valence-corrected chi connectivity index (χ1v) is 10.1. The minimum absolute atomic E-state index is 0.0116. The predicted molar refractivity (Wildman–Crippen MR) is 119 cm³/mol. The number of hydrogen-bond donors (Lipinski definition) is 0. The molecule has 7 nitrogen and oxygen atoms in total. The highest BCUT2D eigenvalue weighted by Crippen LogP contribution is 2.37. The monoisotopic (exact) mass is 424 g/mol. The molecule has 0 aliphatic carbocycles. The molecule has 164 valence electrons. The molecule has 0 aromatic heterocycles. The van der Waals surface area contributed by atoms with Crippen LogP contribution in [0.15, 0.2) is 54.2 Å². The smallest absolute Gasteiger partial charge is 0.278 e. The van der Waals surface area contributed by atoms with Crippen molar-refractivity contribution in [1.82, 2.24) is 4.90 Å². The van der Waals surface area contributed by atoms with Gasteiger partial charge in [0.05, 0.1) is 39.0 Å². The van der Waals surface area contributed by atoms with Gasteiger partial charge in [-0.25, -0.2) is 0 Å². The van der Waals surface area contributed by atoms with Crippen molar-refractivity contribution in [3.05, 3.63) is 59.8 Å². The Labute approximate surface area is 182 Å². The van der Waals surface area contributed by atoms with Crippen molar-refractivity contribution in [1.29, 1.82) is 0 Å². The van der Waals surface area contributed by atoms with E-state index in [9.17, 15) is 9.59 Å². The minimum atomic E-state index is -0.359. The fourth-order valence-corrected chi connectivity index (χ4v) is 3.49. The highest BCUT2D eigenvalue weighted by atomic mass is 16.5. The summed E-state index contributed by atoms with van der Waals surface area (Å²) in [6, 6.07) is 14.7. The second-order valence-electron chi connectivity index (χ2n) is 7.37. The molecule has 0 bridgehead atoms. The minimum Gasteiger partial charge on any atom is -0.493 e. The van der Waals surface area contributed by atoms with Crippen LogP contribution in [0.5, 0.6) is 11.5 Å². The molecule has 2 aromatic rings. The molecule has 31 heavy (non-hydrogen) atoms. The van der Waals surface area contributed by atoms with Gasteiger partial charge in [0, 0.05) is 12.7 Å². The zero-order chi connectivity index (χ0) is 22.5. The number of imide groups is 1. The Morgan fingerprint density at radius 1 is 0.935 bits per heavy atom. The molecule has 0 radical (unpaired) electrons. The summed E-state index contributed by atoms with van der Waals surface area (Å²) < 4.78 is 16.3. The van der Waals surface area contributed by atoms with Crippen molar-refractivity contribution in [2.24, 2.45) is 0 Å². The van der Waals surface area contributed by atoms with Crippen LogP contribution in [0.25, 0.3) is 5.57 Å². The van der Waals surface area contributed by atoms with Gasteiger partial charge in [-0.2, -0.15) is 0 Å². The maximum atomic E-state index is 13.4. The fourth-order valence-electron chi connectivity index (χ4n) is 3.49. The van der Waals surface area contributed by atoms with Crippen LogP contribution in [0.2, 0.25) is 0 Å². The van der Waals surface area contributed by atoms with E-state index < -0.39 is 0 Å². The van der Waals surface area contributed by atoms with Crippen LogP contribution in [0.4, 0.5) is 5.69 Å². The number of carbonyl (C=O) groups is 2. The summed E-state index contributed by atoms with van der Waals surface area (Å²) in [6.45, 7) is 4.28. The predicted octanol–water partition coefficient (Wildman–Crippen LogP) is 3.35. The second kappa shape index (κ2) is 9.66. The topological polar surface area (TPSA) is 68.3 Å². The van der Waals surface area contributed by atoms with Crippen molar-refractivity contribution >= 4 is 23.1 Å². The van der Waals surface area contributed by atoms with Gasteiger partial charge >= 0.3 is 0 Å². The molecule has 0 saturated heterocycles. The average Bonchev–Trinajstić information content (AvgIpc) is 3.03. The Balaban J connectivity index is 2.07. The first-order valence-electron chi connectivity index (χ1n) is 10.1. The van der Waals surface area contributed by atoms with Gasteiger partial charge in [-0.15, -0.1) is 0 Å². The summed E-state index contributed by atoms with van der Waals surface area (Å²) in [5.74, 6) is 0.315.